The van der Waals surface area contributed by atoms with E-state index in [1.54, 1.807) is 0 Å². The van der Waals surface area contributed by atoms with Gasteiger partial charge in [0.2, 0.25) is 0 Å². The molecule has 1 aliphatic heterocycles. The lowest BCUT2D eigenvalue weighted by molar-refractivity contribution is -0.123. The summed E-state index contributed by atoms with van der Waals surface area (Å²) in [6.45, 7) is 4.00. The predicted octanol–water partition coefficient (Wildman–Crippen LogP) is 2.82. The largest absolute Gasteiger partial charge is 0.491 e. The van der Waals surface area contributed by atoms with Gasteiger partial charge in [-0.3, -0.25) is 10.1 Å². The van der Waals surface area contributed by atoms with Crippen molar-refractivity contribution in [1.29, 1.82) is 0 Å². The summed E-state index contributed by atoms with van der Waals surface area (Å²) in [5, 5.41) is 2.13. The van der Waals surface area contributed by atoms with Crippen LogP contribution >= 0.6 is 0 Å². The van der Waals surface area contributed by atoms with Gasteiger partial charge < -0.3 is 9.47 Å². The molecule has 1 atom stereocenters. The van der Waals surface area contributed by atoms with Gasteiger partial charge >= 0.3 is 6.09 Å². The second-order valence-electron chi connectivity index (χ2n) is 5.44. The summed E-state index contributed by atoms with van der Waals surface area (Å²) in [7, 11) is 0. The van der Waals surface area contributed by atoms with E-state index in [1.807, 2.05) is 26.0 Å². The lowest BCUT2D eigenvalue weighted by Gasteiger charge is -2.10. The summed E-state index contributed by atoms with van der Waals surface area (Å²) in [5.41, 5.74) is 1.24. The topological polar surface area (TPSA) is 64.6 Å². The van der Waals surface area contributed by atoms with Gasteiger partial charge in [0.25, 0.3) is 5.91 Å². The molecular formula is C16H21NO4. The molecule has 1 saturated heterocycles. The van der Waals surface area contributed by atoms with Crippen LogP contribution in [0, 0.1) is 0 Å². The van der Waals surface area contributed by atoms with Gasteiger partial charge in [-0.1, -0.05) is 12.1 Å². The van der Waals surface area contributed by atoms with Crippen LogP contribution < -0.4 is 10.1 Å². The van der Waals surface area contributed by atoms with E-state index in [-0.39, 0.29) is 12.0 Å². The zero-order chi connectivity index (χ0) is 15.2. The third-order valence-corrected chi connectivity index (χ3v) is 3.24. The monoisotopic (exact) mass is 291 g/mol. The number of cyclic esters (lactones) is 1. The number of ether oxygens (including phenoxy) is 2. The van der Waals surface area contributed by atoms with Gasteiger partial charge in [0.1, 0.15) is 5.75 Å². The van der Waals surface area contributed by atoms with Crippen LogP contribution in [0.4, 0.5) is 4.79 Å². The van der Waals surface area contributed by atoms with E-state index in [9.17, 15) is 9.59 Å². The zero-order valence-electron chi connectivity index (χ0n) is 12.4. The predicted molar refractivity (Wildman–Crippen MR) is 78.2 cm³/mol. The van der Waals surface area contributed by atoms with Crippen molar-refractivity contribution in [2.75, 3.05) is 0 Å². The van der Waals surface area contributed by atoms with E-state index in [0.29, 0.717) is 6.42 Å². The van der Waals surface area contributed by atoms with Gasteiger partial charge in [-0.15, -0.1) is 0 Å². The first kappa shape index (κ1) is 15.4. The van der Waals surface area contributed by atoms with Crippen molar-refractivity contribution in [3.63, 3.8) is 0 Å². The zero-order valence-corrected chi connectivity index (χ0v) is 12.4. The summed E-state index contributed by atoms with van der Waals surface area (Å²) >= 11 is 0. The standard InChI is InChI=1S/C16H21NO4/c1-11(2)20-13-9-7-12(8-10-13)5-3-4-6-14-15(18)17-16(19)21-14/h7-11,14H,3-6H2,1-2H3,(H,17,18,19)/t14-/m1/s1. The molecule has 21 heavy (non-hydrogen) atoms. The minimum atomic E-state index is -0.634. The fraction of sp³-hybridized carbons (Fsp3) is 0.500. The first-order valence-corrected chi connectivity index (χ1v) is 7.31. The smallest absolute Gasteiger partial charge is 0.414 e. The molecule has 1 N–H and O–H groups in total. The van der Waals surface area contributed by atoms with Crippen molar-refractivity contribution in [2.45, 2.75) is 51.7 Å². The molecule has 0 aromatic heterocycles. The molecule has 1 fully saturated rings. The third kappa shape index (κ3) is 4.77. The Kier molecular flexibility index (Phi) is 5.20. The summed E-state index contributed by atoms with van der Waals surface area (Å²) in [4.78, 5) is 22.2. The molecule has 0 aliphatic carbocycles. The number of hydrogen-bond acceptors (Lipinski definition) is 4. The third-order valence-electron chi connectivity index (χ3n) is 3.24. The highest BCUT2D eigenvalue weighted by molar-refractivity contribution is 5.99. The maximum atomic E-state index is 11.3. The molecule has 1 aromatic carbocycles. The van der Waals surface area contributed by atoms with Crippen LogP contribution in [0.3, 0.4) is 0 Å². The van der Waals surface area contributed by atoms with E-state index in [2.05, 4.69) is 17.4 Å². The molecule has 5 heteroatoms. The van der Waals surface area contributed by atoms with Gasteiger partial charge in [0, 0.05) is 0 Å². The lowest BCUT2D eigenvalue weighted by atomic mass is 10.0. The Bertz CT molecular complexity index is 496. The van der Waals surface area contributed by atoms with Crippen molar-refractivity contribution >= 4 is 12.0 Å². The van der Waals surface area contributed by atoms with Crippen molar-refractivity contribution in [1.82, 2.24) is 5.32 Å². The molecule has 0 radical (unpaired) electrons. The quantitative estimate of drug-likeness (QED) is 0.785. The molecule has 2 amide bonds. The molecule has 5 nitrogen and oxygen atoms in total. The van der Waals surface area contributed by atoms with Gasteiger partial charge in [-0.25, -0.2) is 4.79 Å². The molecule has 1 aliphatic rings. The Hall–Kier alpha value is -2.04. The molecule has 1 heterocycles. The van der Waals surface area contributed by atoms with Crippen molar-refractivity contribution < 1.29 is 19.1 Å². The van der Waals surface area contributed by atoms with Crippen LogP contribution in [-0.2, 0) is 16.0 Å². The molecule has 0 saturated carbocycles. The fourth-order valence-corrected chi connectivity index (χ4v) is 2.25. The first-order chi connectivity index (χ1) is 10.0. The Labute approximate surface area is 124 Å². The average molecular weight is 291 g/mol. The molecular weight excluding hydrogens is 270 g/mol. The minimum absolute atomic E-state index is 0.177. The Morgan fingerprint density at radius 1 is 1.19 bits per heavy atom. The summed E-state index contributed by atoms with van der Waals surface area (Å²) in [6, 6.07) is 8.06. The molecule has 1 aromatic rings. The van der Waals surface area contributed by atoms with Crippen LogP contribution in [0.5, 0.6) is 5.75 Å². The summed E-state index contributed by atoms with van der Waals surface area (Å²) in [6.07, 6.45) is 2.23. The Balaban J connectivity index is 1.69. The van der Waals surface area contributed by atoms with E-state index in [4.69, 9.17) is 9.47 Å². The van der Waals surface area contributed by atoms with Crippen LogP contribution in [0.15, 0.2) is 24.3 Å². The lowest BCUT2D eigenvalue weighted by Crippen LogP contribution is -2.24. The number of carbonyl (C=O) groups excluding carboxylic acids is 2. The van der Waals surface area contributed by atoms with Gasteiger partial charge in [-0.05, 0) is 57.2 Å². The summed E-state index contributed by atoms with van der Waals surface area (Å²) < 4.78 is 10.5. The van der Waals surface area contributed by atoms with E-state index >= 15 is 0 Å². The molecule has 2 rings (SSSR count). The molecule has 0 spiro atoms. The number of carbonyl (C=O) groups is 2. The van der Waals surface area contributed by atoms with E-state index in [0.717, 1.165) is 25.0 Å². The number of hydrogen-bond donors (Lipinski definition) is 1. The fourth-order valence-electron chi connectivity index (χ4n) is 2.25. The highest BCUT2D eigenvalue weighted by Crippen LogP contribution is 2.17. The highest BCUT2D eigenvalue weighted by atomic mass is 16.6. The maximum absolute atomic E-state index is 11.3. The first-order valence-electron chi connectivity index (χ1n) is 7.31. The molecule has 0 unspecified atom stereocenters. The van der Waals surface area contributed by atoms with Gasteiger partial charge in [0.05, 0.1) is 6.10 Å². The van der Waals surface area contributed by atoms with E-state index < -0.39 is 12.2 Å². The van der Waals surface area contributed by atoms with Crippen LogP contribution in [0.25, 0.3) is 0 Å². The Morgan fingerprint density at radius 2 is 1.90 bits per heavy atom. The van der Waals surface area contributed by atoms with Gasteiger partial charge in [-0.2, -0.15) is 0 Å². The number of unbranched alkanes of at least 4 members (excludes halogenated alkanes) is 1. The number of benzene rings is 1. The SMILES string of the molecule is CC(C)Oc1ccc(CCCC[C@H]2OC(=O)NC2=O)cc1. The van der Waals surface area contributed by atoms with E-state index in [1.165, 1.54) is 5.56 Å². The van der Waals surface area contributed by atoms with Crippen LogP contribution in [0.2, 0.25) is 0 Å². The van der Waals surface area contributed by atoms with Crippen molar-refractivity contribution in [3.05, 3.63) is 29.8 Å². The maximum Gasteiger partial charge on any atom is 0.414 e. The number of imide groups is 1. The highest BCUT2D eigenvalue weighted by Gasteiger charge is 2.31. The van der Waals surface area contributed by atoms with Crippen LogP contribution in [-0.4, -0.2) is 24.2 Å². The van der Waals surface area contributed by atoms with Gasteiger partial charge in [0.15, 0.2) is 6.10 Å². The normalized spacial score (nSPS) is 17.8. The second kappa shape index (κ2) is 7.11. The number of alkyl carbamates (subject to hydrolysis) is 1. The van der Waals surface area contributed by atoms with Crippen molar-refractivity contribution in [3.8, 4) is 5.75 Å². The number of nitrogens with one attached hydrogen (secondary N) is 1. The number of aryl methyl sites for hydroxylation is 1. The van der Waals surface area contributed by atoms with Crippen molar-refractivity contribution in [2.24, 2.45) is 0 Å². The minimum Gasteiger partial charge on any atom is -0.491 e. The number of amides is 2. The number of rotatable bonds is 7. The summed E-state index contributed by atoms with van der Waals surface area (Å²) in [5.74, 6) is 0.554. The second-order valence-corrected chi connectivity index (χ2v) is 5.44. The van der Waals surface area contributed by atoms with Crippen LogP contribution in [0.1, 0.15) is 38.7 Å². The molecule has 114 valence electrons. The average Bonchev–Trinajstić information content (AvgIpc) is 2.74. The Morgan fingerprint density at radius 3 is 2.48 bits per heavy atom. The molecule has 0 bridgehead atoms.